The number of rotatable bonds is 9. The van der Waals surface area contributed by atoms with E-state index >= 15 is 0 Å². The Morgan fingerprint density at radius 2 is 1.93 bits per heavy atom. The second kappa shape index (κ2) is 9.87. The Balaban J connectivity index is 1.83. The lowest BCUT2D eigenvalue weighted by Crippen LogP contribution is -2.23. The average molecular weight is 373 g/mol. The van der Waals surface area contributed by atoms with Gasteiger partial charge in [0.15, 0.2) is 0 Å². The molecule has 1 amide bonds. The largest absolute Gasteiger partial charge is 0.478 e. The highest BCUT2D eigenvalue weighted by Gasteiger charge is 2.11. The normalized spacial score (nSPS) is 11.1. The lowest BCUT2D eigenvalue weighted by atomic mass is 10.2. The quantitative estimate of drug-likeness (QED) is 0.681. The molecule has 0 spiro atoms. The lowest BCUT2D eigenvalue weighted by Gasteiger charge is -2.19. The van der Waals surface area contributed by atoms with Gasteiger partial charge in [0, 0.05) is 30.6 Å². The predicted octanol–water partition coefficient (Wildman–Crippen LogP) is 3.00. The van der Waals surface area contributed by atoms with E-state index in [1.54, 1.807) is 24.4 Å². The van der Waals surface area contributed by atoms with Crippen LogP contribution in [0.25, 0.3) is 0 Å². The minimum Gasteiger partial charge on any atom is -0.478 e. The van der Waals surface area contributed by atoms with Crippen LogP contribution in [0, 0.1) is 0 Å². The molecule has 2 rings (SSSR count). The van der Waals surface area contributed by atoms with E-state index in [2.05, 4.69) is 15.3 Å². The number of hydrogen-bond acceptors (Lipinski definition) is 6. The van der Waals surface area contributed by atoms with Crippen LogP contribution in [0.4, 0.5) is 0 Å². The summed E-state index contributed by atoms with van der Waals surface area (Å²) in [6.07, 6.45) is 3.15. The summed E-state index contributed by atoms with van der Waals surface area (Å²) in [5.41, 5.74) is 1.07. The van der Waals surface area contributed by atoms with Crippen molar-refractivity contribution in [3.05, 3.63) is 47.8 Å². The molecule has 1 N–H and O–H groups in total. The summed E-state index contributed by atoms with van der Waals surface area (Å²) in [6, 6.07) is 7.02. The maximum Gasteiger partial charge on any atom is 0.253 e. The molecule has 2 heterocycles. The molecule has 0 fully saturated rings. The molecule has 0 aliphatic heterocycles. The minimum absolute atomic E-state index is 0.199. The van der Waals surface area contributed by atoms with E-state index in [4.69, 9.17) is 14.2 Å². The number of aromatic nitrogens is 2. The van der Waals surface area contributed by atoms with E-state index < -0.39 is 0 Å². The standard InChI is InChI=1S/C20H27N3O4/c1-5-25-19-16(7-6-10-21-19)14-23-18(24)15-8-9-17(22-13-15)26-11-12-27-20(2,3)4/h6-10,13H,5,11-12,14H2,1-4H3,(H,23,24). The summed E-state index contributed by atoms with van der Waals surface area (Å²) >= 11 is 0. The Bertz CT molecular complexity index is 727. The van der Waals surface area contributed by atoms with Gasteiger partial charge in [-0.2, -0.15) is 0 Å². The van der Waals surface area contributed by atoms with Crippen LogP contribution in [0.5, 0.6) is 11.8 Å². The zero-order chi connectivity index (χ0) is 19.7. The molecule has 27 heavy (non-hydrogen) atoms. The first-order chi connectivity index (χ1) is 12.9. The summed E-state index contributed by atoms with van der Waals surface area (Å²) in [5.74, 6) is 0.756. The zero-order valence-corrected chi connectivity index (χ0v) is 16.3. The fourth-order valence-electron chi connectivity index (χ4n) is 2.20. The predicted molar refractivity (Wildman–Crippen MR) is 102 cm³/mol. The molecule has 7 nitrogen and oxygen atoms in total. The van der Waals surface area contributed by atoms with Gasteiger partial charge in [0.25, 0.3) is 5.91 Å². The van der Waals surface area contributed by atoms with Crippen LogP contribution >= 0.6 is 0 Å². The van der Waals surface area contributed by atoms with Gasteiger partial charge in [-0.25, -0.2) is 9.97 Å². The van der Waals surface area contributed by atoms with Gasteiger partial charge in [0.1, 0.15) is 6.61 Å². The molecule has 2 aromatic rings. The number of pyridine rings is 2. The van der Waals surface area contributed by atoms with Crippen molar-refractivity contribution in [1.82, 2.24) is 15.3 Å². The summed E-state index contributed by atoms with van der Waals surface area (Å²) in [6.45, 7) is 9.57. The fraction of sp³-hybridized carbons (Fsp3) is 0.450. The molecule has 0 radical (unpaired) electrons. The maximum atomic E-state index is 12.3. The number of nitrogens with zero attached hydrogens (tertiary/aromatic N) is 2. The number of carbonyl (C=O) groups excluding carboxylic acids is 1. The van der Waals surface area contributed by atoms with Gasteiger partial charge in [-0.3, -0.25) is 4.79 Å². The molecule has 0 bridgehead atoms. The van der Waals surface area contributed by atoms with Crippen LogP contribution < -0.4 is 14.8 Å². The number of carbonyl (C=O) groups is 1. The van der Waals surface area contributed by atoms with E-state index in [0.29, 0.717) is 43.7 Å². The van der Waals surface area contributed by atoms with E-state index in [9.17, 15) is 4.79 Å². The minimum atomic E-state index is -0.226. The van der Waals surface area contributed by atoms with Crippen molar-refractivity contribution in [3.63, 3.8) is 0 Å². The summed E-state index contributed by atoms with van der Waals surface area (Å²) in [5, 5.41) is 2.84. The third kappa shape index (κ3) is 7.22. The molecule has 0 unspecified atom stereocenters. The first kappa shape index (κ1) is 20.6. The Morgan fingerprint density at radius 3 is 2.59 bits per heavy atom. The lowest BCUT2D eigenvalue weighted by molar-refractivity contribution is -0.0168. The van der Waals surface area contributed by atoms with Gasteiger partial charge in [-0.05, 0) is 39.8 Å². The Hall–Kier alpha value is -2.67. The first-order valence-electron chi connectivity index (χ1n) is 8.97. The molecule has 0 aliphatic rings. The van der Waals surface area contributed by atoms with E-state index in [0.717, 1.165) is 5.56 Å². The van der Waals surface area contributed by atoms with Crippen LogP contribution in [0.3, 0.4) is 0 Å². The molecule has 0 atom stereocenters. The monoisotopic (exact) mass is 373 g/mol. The molecule has 0 aliphatic carbocycles. The van der Waals surface area contributed by atoms with Gasteiger partial charge < -0.3 is 19.5 Å². The third-order valence-corrected chi connectivity index (χ3v) is 3.44. The average Bonchev–Trinajstić information content (AvgIpc) is 2.64. The van der Waals surface area contributed by atoms with Crippen molar-refractivity contribution in [1.29, 1.82) is 0 Å². The van der Waals surface area contributed by atoms with Crippen LogP contribution in [0.1, 0.15) is 43.6 Å². The highest BCUT2D eigenvalue weighted by molar-refractivity contribution is 5.93. The van der Waals surface area contributed by atoms with Crippen molar-refractivity contribution >= 4 is 5.91 Å². The highest BCUT2D eigenvalue weighted by atomic mass is 16.5. The second-order valence-electron chi connectivity index (χ2n) is 6.78. The van der Waals surface area contributed by atoms with Gasteiger partial charge in [0.05, 0.1) is 24.4 Å². The van der Waals surface area contributed by atoms with Gasteiger partial charge in [0.2, 0.25) is 11.8 Å². The topological polar surface area (TPSA) is 82.6 Å². The molecular formula is C20H27N3O4. The van der Waals surface area contributed by atoms with E-state index in [1.807, 2.05) is 33.8 Å². The Kier molecular flexibility index (Phi) is 7.55. The van der Waals surface area contributed by atoms with Crippen LogP contribution in [0.2, 0.25) is 0 Å². The number of ether oxygens (including phenoxy) is 3. The van der Waals surface area contributed by atoms with Crippen molar-refractivity contribution in [2.75, 3.05) is 19.8 Å². The number of nitrogens with one attached hydrogen (secondary N) is 1. The molecule has 0 aromatic carbocycles. The van der Waals surface area contributed by atoms with Crippen molar-refractivity contribution in [2.24, 2.45) is 0 Å². The zero-order valence-electron chi connectivity index (χ0n) is 16.3. The molecule has 7 heteroatoms. The van der Waals surface area contributed by atoms with E-state index in [-0.39, 0.29) is 11.5 Å². The number of hydrogen-bond donors (Lipinski definition) is 1. The first-order valence-corrected chi connectivity index (χ1v) is 8.97. The molecule has 0 saturated heterocycles. The Morgan fingerprint density at radius 1 is 1.11 bits per heavy atom. The molecule has 0 saturated carbocycles. The summed E-state index contributed by atoms with van der Waals surface area (Å²) < 4.78 is 16.6. The van der Waals surface area contributed by atoms with Crippen LogP contribution in [-0.4, -0.2) is 41.3 Å². The maximum absolute atomic E-state index is 12.3. The van der Waals surface area contributed by atoms with Crippen LogP contribution in [-0.2, 0) is 11.3 Å². The van der Waals surface area contributed by atoms with E-state index in [1.165, 1.54) is 6.20 Å². The third-order valence-electron chi connectivity index (χ3n) is 3.44. The molecule has 146 valence electrons. The highest BCUT2D eigenvalue weighted by Crippen LogP contribution is 2.14. The second-order valence-corrected chi connectivity index (χ2v) is 6.78. The van der Waals surface area contributed by atoms with Crippen molar-refractivity contribution in [3.8, 4) is 11.8 Å². The fourth-order valence-corrected chi connectivity index (χ4v) is 2.20. The van der Waals surface area contributed by atoms with Gasteiger partial charge in [-0.15, -0.1) is 0 Å². The summed E-state index contributed by atoms with van der Waals surface area (Å²) in [7, 11) is 0. The SMILES string of the molecule is CCOc1ncccc1CNC(=O)c1ccc(OCCOC(C)(C)C)nc1. The van der Waals surface area contributed by atoms with Crippen molar-refractivity contribution in [2.45, 2.75) is 39.8 Å². The smallest absolute Gasteiger partial charge is 0.253 e. The molecular weight excluding hydrogens is 346 g/mol. The van der Waals surface area contributed by atoms with Gasteiger partial charge in [-0.1, -0.05) is 6.07 Å². The number of amides is 1. The Labute approximate surface area is 160 Å². The summed E-state index contributed by atoms with van der Waals surface area (Å²) in [4.78, 5) is 20.6. The van der Waals surface area contributed by atoms with Crippen molar-refractivity contribution < 1.29 is 19.0 Å². The van der Waals surface area contributed by atoms with Gasteiger partial charge >= 0.3 is 0 Å². The molecule has 2 aromatic heterocycles. The van der Waals surface area contributed by atoms with Crippen LogP contribution in [0.15, 0.2) is 36.7 Å².